The second-order valence-corrected chi connectivity index (χ2v) is 8.21. The maximum absolute atomic E-state index is 14.6. The molecular weight excluding hydrogens is 411 g/mol. The van der Waals surface area contributed by atoms with E-state index in [-0.39, 0.29) is 27.0 Å². The van der Waals surface area contributed by atoms with Gasteiger partial charge in [-0.15, -0.1) is 0 Å². The van der Waals surface area contributed by atoms with Crippen LogP contribution in [0.3, 0.4) is 0 Å². The molecule has 30 heavy (non-hydrogen) atoms. The van der Waals surface area contributed by atoms with Gasteiger partial charge in [-0.3, -0.25) is 4.72 Å². The predicted octanol–water partition coefficient (Wildman–Crippen LogP) is 3.84. The third-order valence-corrected chi connectivity index (χ3v) is 6.24. The van der Waals surface area contributed by atoms with Crippen LogP contribution in [0.5, 0.6) is 5.75 Å². The molecule has 0 aliphatic carbocycles. The van der Waals surface area contributed by atoms with E-state index in [1.54, 1.807) is 19.1 Å². The van der Waals surface area contributed by atoms with Crippen molar-refractivity contribution in [2.75, 3.05) is 18.9 Å². The number of hydrogen-bond acceptors (Lipinski definition) is 6. The summed E-state index contributed by atoms with van der Waals surface area (Å²) in [5.41, 5.74) is 1.09. The van der Waals surface area contributed by atoms with E-state index in [2.05, 4.69) is 14.4 Å². The molecule has 0 atom stereocenters. The zero-order chi connectivity index (χ0) is 22.1. The highest BCUT2D eigenvalue weighted by atomic mass is 32.2. The molecule has 0 fully saturated rings. The number of sulfonamides is 1. The van der Waals surface area contributed by atoms with Crippen LogP contribution >= 0.6 is 0 Å². The molecule has 0 spiro atoms. The normalized spacial score (nSPS) is 11.4. The van der Waals surface area contributed by atoms with Crippen LogP contribution in [0.2, 0.25) is 0 Å². The van der Waals surface area contributed by atoms with E-state index in [9.17, 15) is 17.6 Å². The van der Waals surface area contributed by atoms with Crippen molar-refractivity contribution in [3.8, 4) is 5.75 Å². The molecule has 7 nitrogen and oxygen atoms in total. The van der Waals surface area contributed by atoms with E-state index in [4.69, 9.17) is 4.74 Å². The topological polar surface area (TPSA) is 94.6 Å². The number of carbonyl (C=O) groups is 1. The maximum atomic E-state index is 14.6. The van der Waals surface area contributed by atoms with E-state index >= 15 is 0 Å². The van der Waals surface area contributed by atoms with Gasteiger partial charge in [-0.05, 0) is 42.7 Å². The number of aromatic nitrogens is 1. The SMILES string of the molecule is CCc1cc(S(=O)(=O)Nc2cccc3c(C(=O)OC)ncc(F)c23)c(C)cc1OC. The third-order valence-electron chi connectivity index (χ3n) is 4.74. The highest BCUT2D eigenvalue weighted by molar-refractivity contribution is 7.92. The molecule has 0 aliphatic heterocycles. The van der Waals surface area contributed by atoms with Crippen LogP contribution in [0.4, 0.5) is 10.1 Å². The number of esters is 1. The Morgan fingerprint density at radius 2 is 1.97 bits per heavy atom. The highest BCUT2D eigenvalue weighted by Gasteiger charge is 2.23. The second-order valence-electron chi connectivity index (χ2n) is 6.56. The number of aryl methyl sites for hydroxylation is 2. The van der Waals surface area contributed by atoms with Gasteiger partial charge in [0.1, 0.15) is 5.75 Å². The standard InChI is InChI=1S/C21H21FN2O5S/c1-5-13-10-18(12(2)9-17(13)28-3)30(26,27)24-16-8-6-7-14-19(16)15(22)11-23-20(14)21(25)29-4/h6-11,24H,5H2,1-4H3. The Morgan fingerprint density at radius 1 is 1.23 bits per heavy atom. The quantitative estimate of drug-likeness (QED) is 0.595. The Morgan fingerprint density at radius 3 is 2.60 bits per heavy atom. The van der Waals surface area contributed by atoms with E-state index in [1.807, 2.05) is 6.92 Å². The van der Waals surface area contributed by atoms with Crippen LogP contribution in [0.1, 0.15) is 28.5 Å². The smallest absolute Gasteiger partial charge is 0.357 e. The average Bonchev–Trinajstić information content (AvgIpc) is 2.72. The number of carbonyl (C=O) groups excluding carboxylic acids is 1. The van der Waals surface area contributed by atoms with Crippen molar-refractivity contribution in [3.63, 3.8) is 0 Å². The van der Waals surface area contributed by atoms with Crippen LogP contribution in [-0.2, 0) is 21.2 Å². The summed E-state index contributed by atoms with van der Waals surface area (Å²) in [7, 11) is -1.35. The van der Waals surface area contributed by atoms with Gasteiger partial charge in [0.05, 0.1) is 31.0 Å². The lowest BCUT2D eigenvalue weighted by Crippen LogP contribution is -2.16. The average molecular weight is 432 g/mol. The lowest BCUT2D eigenvalue weighted by atomic mass is 10.1. The molecule has 3 rings (SSSR count). The molecule has 158 valence electrons. The van der Waals surface area contributed by atoms with Crippen molar-refractivity contribution in [2.45, 2.75) is 25.2 Å². The molecule has 0 radical (unpaired) electrons. The van der Waals surface area contributed by atoms with Crippen molar-refractivity contribution < 1.29 is 27.1 Å². The third kappa shape index (κ3) is 3.80. The summed E-state index contributed by atoms with van der Waals surface area (Å²) >= 11 is 0. The Labute approximate surface area is 173 Å². The summed E-state index contributed by atoms with van der Waals surface area (Å²) in [6.45, 7) is 3.54. The molecule has 0 unspecified atom stereocenters. The molecular formula is C21H21FN2O5S. The molecule has 0 amide bonds. The van der Waals surface area contributed by atoms with E-state index in [0.717, 1.165) is 11.8 Å². The number of anilines is 1. The molecule has 0 aliphatic rings. The van der Waals surface area contributed by atoms with Crippen molar-refractivity contribution in [2.24, 2.45) is 0 Å². The van der Waals surface area contributed by atoms with Gasteiger partial charge >= 0.3 is 5.97 Å². The Hall–Kier alpha value is -3.20. The molecule has 3 aromatic rings. The molecule has 0 saturated carbocycles. The van der Waals surface area contributed by atoms with Gasteiger partial charge in [0.25, 0.3) is 10.0 Å². The minimum absolute atomic E-state index is 0.00850. The number of benzene rings is 2. The lowest BCUT2D eigenvalue weighted by Gasteiger charge is -2.16. The molecule has 9 heteroatoms. The Balaban J connectivity index is 2.16. The fraction of sp³-hybridized carbons (Fsp3) is 0.238. The zero-order valence-corrected chi connectivity index (χ0v) is 17.8. The largest absolute Gasteiger partial charge is 0.496 e. The first-order valence-corrected chi connectivity index (χ1v) is 10.6. The zero-order valence-electron chi connectivity index (χ0n) is 16.9. The molecule has 1 N–H and O–H groups in total. The molecule has 1 aromatic heterocycles. The summed E-state index contributed by atoms with van der Waals surface area (Å²) in [5.74, 6) is -0.922. The summed E-state index contributed by atoms with van der Waals surface area (Å²) in [5, 5.41) is 0.0705. The fourth-order valence-electron chi connectivity index (χ4n) is 3.27. The van der Waals surface area contributed by atoms with Crippen LogP contribution in [0, 0.1) is 12.7 Å². The number of fused-ring (bicyclic) bond motifs is 1. The minimum atomic E-state index is -4.06. The van der Waals surface area contributed by atoms with E-state index in [0.29, 0.717) is 17.7 Å². The van der Waals surface area contributed by atoms with E-state index in [1.165, 1.54) is 32.4 Å². The Kier molecular flexibility index (Phi) is 5.93. The van der Waals surface area contributed by atoms with Gasteiger partial charge in [-0.25, -0.2) is 22.6 Å². The van der Waals surface area contributed by atoms with Gasteiger partial charge < -0.3 is 9.47 Å². The predicted molar refractivity (Wildman–Crippen MR) is 111 cm³/mol. The fourth-order valence-corrected chi connectivity index (χ4v) is 4.62. The van der Waals surface area contributed by atoms with Crippen LogP contribution in [-0.4, -0.2) is 33.6 Å². The number of rotatable bonds is 6. The van der Waals surface area contributed by atoms with Gasteiger partial charge in [0, 0.05) is 10.8 Å². The number of ether oxygens (including phenoxy) is 2. The number of methoxy groups -OCH3 is 2. The summed E-state index contributed by atoms with van der Waals surface area (Å²) in [6, 6.07) is 7.59. The van der Waals surface area contributed by atoms with Crippen LogP contribution in [0.25, 0.3) is 10.8 Å². The van der Waals surface area contributed by atoms with E-state index < -0.39 is 21.8 Å². The molecule has 1 heterocycles. The van der Waals surface area contributed by atoms with Crippen LogP contribution < -0.4 is 9.46 Å². The van der Waals surface area contributed by atoms with Gasteiger partial charge in [0.2, 0.25) is 0 Å². The van der Waals surface area contributed by atoms with Gasteiger partial charge in [-0.2, -0.15) is 0 Å². The number of halogens is 1. The van der Waals surface area contributed by atoms with Crippen molar-refractivity contribution in [1.29, 1.82) is 0 Å². The first-order chi connectivity index (χ1) is 14.2. The monoisotopic (exact) mass is 432 g/mol. The van der Waals surface area contributed by atoms with Crippen molar-refractivity contribution in [3.05, 3.63) is 59.2 Å². The minimum Gasteiger partial charge on any atom is -0.496 e. The summed E-state index contributed by atoms with van der Waals surface area (Å²) in [4.78, 5) is 15.8. The summed E-state index contributed by atoms with van der Waals surface area (Å²) in [6.07, 6.45) is 1.43. The molecule has 0 saturated heterocycles. The number of nitrogens with one attached hydrogen (secondary N) is 1. The first kappa shape index (κ1) is 21.5. The van der Waals surface area contributed by atoms with Crippen molar-refractivity contribution in [1.82, 2.24) is 4.98 Å². The van der Waals surface area contributed by atoms with Crippen molar-refractivity contribution >= 4 is 32.5 Å². The maximum Gasteiger partial charge on any atom is 0.357 e. The number of pyridine rings is 1. The summed E-state index contributed by atoms with van der Waals surface area (Å²) < 4.78 is 53.3. The van der Waals surface area contributed by atoms with Crippen LogP contribution in [0.15, 0.2) is 41.4 Å². The number of hydrogen-bond donors (Lipinski definition) is 1. The lowest BCUT2D eigenvalue weighted by molar-refractivity contribution is 0.0596. The Bertz CT molecular complexity index is 1240. The molecule has 0 bridgehead atoms. The highest BCUT2D eigenvalue weighted by Crippen LogP contribution is 2.32. The first-order valence-electron chi connectivity index (χ1n) is 9.09. The number of nitrogens with zero attached hydrogens (tertiary/aromatic N) is 1. The molecule has 2 aromatic carbocycles. The van der Waals surface area contributed by atoms with Gasteiger partial charge in [-0.1, -0.05) is 19.1 Å². The second kappa shape index (κ2) is 8.27. The van der Waals surface area contributed by atoms with Gasteiger partial charge in [0.15, 0.2) is 11.5 Å².